The number of nitrogens with two attached hydrogens (primary N) is 1. The molecule has 1 atom stereocenters. The average Bonchev–Trinajstić information content (AvgIpc) is 2.64. The Balaban J connectivity index is 2.45. The summed E-state index contributed by atoms with van der Waals surface area (Å²) in [6.45, 7) is 1.82. The molecule has 1 aromatic heterocycles. The first-order chi connectivity index (χ1) is 7.59. The molecule has 0 aliphatic heterocycles. The molecule has 0 aliphatic carbocycles. The predicted octanol–water partition coefficient (Wildman–Crippen LogP) is 2.87. The summed E-state index contributed by atoms with van der Waals surface area (Å²) in [5.41, 5.74) is 6.52. The number of hydrogen-bond donors (Lipinski definition) is 1. The van der Waals surface area contributed by atoms with Gasteiger partial charge in [0, 0.05) is 16.8 Å². The van der Waals surface area contributed by atoms with Crippen LogP contribution in [0.5, 0.6) is 0 Å². The van der Waals surface area contributed by atoms with Crippen molar-refractivity contribution in [1.29, 1.82) is 0 Å². The highest BCUT2D eigenvalue weighted by molar-refractivity contribution is 6.31. The number of aromatic nitrogens is 2. The van der Waals surface area contributed by atoms with E-state index in [1.54, 1.807) is 23.0 Å². The van der Waals surface area contributed by atoms with E-state index in [1.165, 1.54) is 12.3 Å². The summed E-state index contributed by atoms with van der Waals surface area (Å²) in [5, 5.41) is 4.43. The Morgan fingerprint density at radius 1 is 1.50 bits per heavy atom. The van der Waals surface area contributed by atoms with Crippen molar-refractivity contribution in [1.82, 2.24) is 9.78 Å². The van der Waals surface area contributed by atoms with Crippen molar-refractivity contribution in [2.24, 2.45) is 0 Å². The zero-order valence-corrected chi connectivity index (χ0v) is 9.45. The van der Waals surface area contributed by atoms with E-state index in [4.69, 9.17) is 17.3 Å². The number of hydrogen-bond acceptors (Lipinski definition) is 2. The Bertz CT molecular complexity index is 489. The summed E-state index contributed by atoms with van der Waals surface area (Å²) in [5.74, 6) is -0.339. The molecule has 0 radical (unpaired) electrons. The van der Waals surface area contributed by atoms with Gasteiger partial charge in [-0.15, -0.1) is 0 Å². The predicted molar refractivity (Wildman–Crippen MR) is 61.9 cm³/mol. The van der Waals surface area contributed by atoms with Gasteiger partial charge in [-0.25, -0.2) is 4.39 Å². The Kier molecular flexibility index (Phi) is 2.83. The van der Waals surface area contributed by atoms with Crippen LogP contribution in [0.1, 0.15) is 18.5 Å². The third-order valence-electron chi connectivity index (χ3n) is 2.44. The van der Waals surface area contributed by atoms with Crippen molar-refractivity contribution in [3.63, 3.8) is 0 Å². The summed E-state index contributed by atoms with van der Waals surface area (Å²) in [6, 6.07) is 4.32. The van der Waals surface area contributed by atoms with Gasteiger partial charge < -0.3 is 5.73 Å². The van der Waals surface area contributed by atoms with Crippen LogP contribution in [-0.4, -0.2) is 9.78 Å². The van der Waals surface area contributed by atoms with Gasteiger partial charge in [-0.1, -0.05) is 17.7 Å². The van der Waals surface area contributed by atoms with Crippen molar-refractivity contribution >= 4 is 17.3 Å². The van der Waals surface area contributed by atoms with Gasteiger partial charge in [0.15, 0.2) is 0 Å². The molecule has 2 N–H and O–H groups in total. The zero-order valence-electron chi connectivity index (χ0n) is 8.69. The zero-order chi connectivity index (χ0) is 11.7. The second-order valence-electron chi connectivity index (χ2n) is 3.56. The van der Waals surface area contributed by atoms with Gasteiger partial charge in [-0.3, -0.25) is 4.68 Å². The number of nitrogens with zero attached hydrogens (tertiary/aromatic N) is 2. The molecule has 1 unspecified atom stereocenters. The average molecular weight is 240 g/mol. The second-order valence-corrected chi connectivity index (χ2v) is 3.97. The van der Waals surface area contributed by atoms with Gasteiger partial charge in [0.1, 0.15) is 5.82 Å². The first-order valence-corrected chi connectivity index (χ1v) is 5.21. The summed E-state index contributed by atoms with van der Waals surface area (Å²) in [4.78, 5) is 0. The van der Waals surface area contributed by atoms with E-state index in [0.29, 0.717) is 16.3 Å². The van der Waals surface area contributed by atoms with E-state index in [9.17, 15) is 4.39 Å². The lowest BCUT2D eigenvalue weighted by Gasteiger charge is -2.14. The lowest BCUT2D eigenvalue weighted by molar-refractivity contribution is 0.521. The van der Waals surface area contributed by atoms with Crippen molar-refractivity contribution < 1.29 is 4.39 Å². The summed E-state index contributed by atoms with van der Waals surface area (Å²) < 4.78 is 15.2. The first kappa shape index (κ1) is 11.0. The van der Waals surface area contributed by atoms with Crippen LogP contribution >= 0.6 is 11.6 Å². The highest BCUT2D eigenvalue weighted by atomic mass is 35.5. The molecule has 0 saturated heterocycles. The maximum atomic E-state index is 13.6. The van der Waals surface area contributed by atoms with E-state index in [1.807, 2.05) is 6.92 Å². The third-order valence-corrected chi connectivity index (χ3v) is 2.77. The lowest BCUT2D eigenvalue weighted by atomic mass is 10.1. The Morgan fingerprint density at radius 2 is 2.25 bits per heavy atom. The van der Waals surface area contributed by atoms with E-state index in [-0.39, 0.29) is 11.9 Å². The molecule has 0 amide bonds. The van der Waals surface area contributed by atoms with Crippen LogP contribution in [0.15, 0.2) is 30.6 Å². The maximum absolute atomic E-state index is 13.6. The van der Waals surface area contributed by atoms with Crippen LogP contribution in [0, 0.1) is 5.82 Å². The van der Waals surface area contributed by atoms with Crippen LogP contribution < -0.4 is 5.73 Å². The highest BCUT2D eigenvalue weighted by Crippen LogP contribution is 2.28. The van der Waals surface area contributed by atoms with Crippen LogP contribution in [0.25, 0.3) is 0 Å². The second kappa shape index (κ2) is 4.14. The number of nitrogen functional groups attached to an aromatic ring is 1. The van der Waals surface area contributed by atoms with Crippen LogP contribution in [0.2, 0.25) is 5.02 Å². The fraction of sp³-hybridized carbons (Fsp3) is 0.182. The summed E-state index contributed by atoms with van der Waals surface area (Å²) in [6.07, 6.45) is 3.17. The molecule has 2 rings (SSSR count). The number of anilines is 1. The normalized spacial score (nSPS) is 12.7. The van der Waals surface area contributed by atoms with E-state index >= 15 is 0 Å². The molecular weight excluding hydrogens is 229 g/mol. The van der Waals surface area contributed by atoms with E-state index < -0.39 is 0 Å². The minimum atomic E-state index is -0.339. The first-order valence-electron chi connectivity index (χ1n) is 4.83. The fourth-order valence-electron chi connectivity index (χ4n) is 1.61. The highest BCUT2D eigenvalue weighted by Gasteiger charge is 2.16. The topological polar surface area (TPSA) is 43.8 Å². The van der Waals surface area contributed by atoms with Gasteiger partial charge in [0.2, 0.25) is 0 Å². The number of rotatable bonds is 2. The molecule has 0 spiro atoms. The van der Waals surface area contributed by atoms with E-state index in [2.05, 4.69) is 5.10 Å². The standard InChI is InChI=1S/C11H11ClFN3/c1-7(16-6-8(14)5-15-16)11-9(12)3-2-4-10(11)13/h2-7H,14H2,1H3. The third kappa shape index (κ3) is 1.88. The molecule has 2 aromatic rings. The quantitative estimate of drug-likeness (QED) is 0.876. The van der Waals surface area contributed by atoms with Crippen LogP contribution in [0.3, 0.4) is 0 Å². The minimum Gasteiger partial charge on any atom is -0.396 e. The van der Waals surface area contributed by atoms with Crippen molar-refractivity contribution in [3.8, 4) is 0 Å². The molecular formula is C11H11ClFN3. The Hall–Kier alpha value is -1.55. The SMILES string of the molecule is CC(c1c(F)cccc1Cl)n1cc(N)cn1. The van der Waals surface area contributed by atoms with Gasteiger partial charge in [0.25, 0.3) is 0 Å². The van der Waals surface area contributed by atoms with Crippen molar-refractivity contribution in [3.05, 3.63) is 47.0 Å². The molecule has 0 fully saturated rings. The molecule has 0 saturated carbocycles. The summed E-state index contributed by atoms with van der Waals surface area (Å²) >= 11 is 5.97. The maximum Gasteiger partial charge on any atom is 0.130 e. The monoisotopic (exact) mass is 239 g/mol. The Labute approximate surface area is 97.6 Å². The largest absolute Gasteiger partial charge is 0.396 e. The van der Waals surface area contributed by atoms with Crippen molar-refractivity contribution in [2.45, 2.75) is 13.0 Å². The number of halogens is 2. The molecule has 5 heteroatoms. The molecule has 1 heterocycles. The minimum absolute atomic E-state index is 0.286. The summed E-state index contributed by atoms with van der Waals surface area (Å²) in [7, 11) is 0. The van der Waals surface area contributed by atoms with Gasteiger partial charge in [-0.05, 0) is 19.1 Å². The fourth-order valence-corrected chi connectivity index (χ4v) is 1.93. The molecule has 3 nitrogen and oxygen atoms in total. The lowest BCUT2D eigenvalue weighted by Crippen LogP contribution is -2.09. The van der Waals surface area contributed by atoms with Gasteiger partial charge in [-0.2, -0.15) is 5.10 Å². The molecule has 1 aromatic carbocycles. The van der Waals surface area contributed by atoms with Crippen LogP contribution in [0.4, 0.5) is 10.1 Å². The van der Waals surface area contributed by atoms with Gasteiger partial charge in [0.05, 0.1) is 17.9 Å². The molecule has 0 aliphatic rings. The molecule has 0 bridgehead atoms. The van der Waals surface area contributed by atoms with Crippen LogP contribution in [-0.2, 0) is 0 Å². The smallest absolute Gasteiger partial charge is 0.130 e. The van der Waals surface area contributed by atoms with Crippen molar-refractivity contribution in [2.75, 3.05) is 5.73 Å². The Morgan fingerprint density at radius 3 is 2.81 bits per heavy atom. The number of benzene rings is 1. The molecule has 84 valence electrons. The molecule has 16 heavy (non-hydrogen) atoms. The van der Waals surface area contributed by atoms with E-state index in [0.717, 1.165) is 0 Å². The van der Waals surface area contributed by atoms with Gasteiger partial charge >= 0.3 is 0 Å².